The highest BCUT2D eigenvalue weighted by Gasteiger charge is 2.54. The van der Waals surface area contributed by atoms with Crippen molar-refractivity contribution in [2.75, 3.05) is 6.54 Å². The third kappa shape index (κ3) is 6.02. The third-order valence-corrected chi connectivity index (χ3v) is 21.1. The third-order valence-electron chi connectivity index (χ3n) is 11.2. The first-order valence-corrected chi connectivity index (χ1v) is 22.8. The Kier molecular flexibility index (Phi) is 10.6. The Labute approximate surface area is 284 Å². The summed E-state index contributed by atoms with van der Waals surface area (Å²) in [6.07, 6.45) is 19.0. The highest BCUT2D eigenvalue weighted by atomic mass is 32.1. The average molecular weight is 680 g/mol. The van der Waals surface area contributed by atoms with Crippen molar-refractivity contribution in [1.29, 1.82) is 0 Å². The number of unbranched alkanes of at least 4 members (excludes halogenated alkanes) is 6. The van der Waals surface area contributed by atoms with Crippen LogP contribution < -0.4 is 10.4 Å². The second-order valence-corrected chi connectivity index (χ2v) is 21.9. The fraction of sp³-hybridized carbons (Fsp3) is 0.632. The van der Waals surface area contributed by atoms with Gasteiger partial charge in [-0.2, -0.15) is 0 Å². The molecule has 244 valence electrons. The van der Waals surface area contributed by atoms with Gasteiger partial charge in [-0.05, 0) is 60.3 Å². The molecular formula is C38H53NO2S3Si. The van der Waals surface area contributed by atoms with Gasteiger partial charge in [-0.25, -0.2) is 0 Å². The van der Waals surface area contributed by atoms with E-state index >= 15 is 0 Å². The maximum atomic E-state index is 13.9. The van der Waals surface area contributed by atoms with Gasteiger partial charge in [0.05, 0.1) is 16.0 Å². The fourth-order valence-electron chi connectivity index (χ4n) is 8.78. The van der Waals surface area contributed by atoms with Crippen LogP contribution in [0.25, 0.3) is 19.5 Å². The van der Waals surface area contributed by atoms with E-state index in [1.54, 1.807) is 31.5 Å². The number of amides is 2. The molecule has 3 aliphatic rings. The first-order valence-electron chi connectivity index (χ1n) is 18.1. The van der Waals surface area contributed by atoms with Crippen LogP contribution in [0.3, 0.4) is 0 Å². The number of hydrogen-bond acceptors (Lipinski definition) is 5. The van der Waals surface area contributed by atoms with Gasteiger partial charge in [-0.15, -0.1) is 34.0 Å². The predicted octanol–water partition coefficient (Wildman–Crippen LogP) is 11.2. The molecule has 2 unspecified atom stereocenters. The lowest BCUT2D eigenvalue weighted by Gasteiger charge is -2.41. The lowest BCUT2D eigenvalue weighted by molar-refractivity contribution is 0.0651. The van der Waals surface area contributed by atoms with Gasteiger partial charge < -0.3 is 0 Å². The van der Waals surface area contributed by atoms with E-state index in [1.165, 1.54) is 104 Å². The normalized spacial score (nSPS) is 20.2. The van der Waals surface area contributed by atoms with Crippen molar-refractivity contribution in [1.82, 2.24) is 4.90 Å². The Morgan fingerprint density at radius 1 is 0.778 bits per heavy atom. The largest absolute Gasteiger partial charge is 0.274 e. The first-order chi connectivity index (χ1) is 21.8. The van der Waals surface area contributed by atoms with E-state index in [-0.39, 0.29) is 11.8 Å². The lowest BCUT2D eigenvalue weighted by Crippen LogP contribution is -2.59. The molecule has 1 fully saturated rings. The Morgan fingerprint density at radius 3 is 2.18 bits per heavy atom. The van der Waals surface area contributed by atoms with Gasteiger partial charge in [0.2, 0.25) is 0 Å². The molecule has 45 heavy (non-hydrogen) atoms. The summed E-state index contributed by atoms with van der Waals surface area (Å²) in [6, 6.07) is 6.55. The number of hydrogen-bond donors (Lipinski definition) is 0. The van der Waals surface area contributed by atoms with E-state index in [9.17, 15) is 9.59 Å². The summed E-state index contributed by atoms with van der Waals surface area (Å²) in [5.41, 5.74) is 2.20. The van der Waals surface area contributed by atoms with Crippen molar-refractivity contribution in [3.8, 4) is 19.5 Å². The van der Waals surface area contributed by atoms with Crippen LogP contribution in [0.1, 0.15) is 148 Å². The van der Waals surface area contributed by atoms with Crippen LogP contribution in [0.15, 0.2) is 12.1 Å². The monoisotopic (exact) mass is 679 g/mol. The summed E-state index contributed by atoms with van der Waals surface area (Å²) in [7, 11) is -2.03. The molecule has 2 aliphatic heterocycles. The summed E-state index contributed by atoms with van der Waals surface area (Å²) >= 11 is 5.64. The topological polar surface area (TPSA) is 37.4 Å². The Morgan fingerprint density at radius 2 is 1.44 bits per heavy atom. The van der Waals surface area contributed by atoms with Crippen LogP contribution in [-0.4, -0.2) is 31.3 Å². The van der Waals surface area contributed by atoms with E-state index in [0.717, 1.165) is 34.1 Å². The first kappa shape index (κ1) is 33.4. The van der Waals surface area contributed by atoms with E-state index in [0.29, 0.717) is 17.7 Å². The molecule has 1 aliphatic carbocycles. The molecule has 3 aromatic rings. The molecule has 7 heteroatoms. The summed E-state index contributed by atoms with van der Waals surface area (Å²) in [6.45, 7) is 11.9. The van der Waals surface area contributed by atoms with Crippen LogP contribution >= 0.6 is 34.0 Å². The van der Waals surface area contributed by atoms with Gasteiger partial charge in [-0.3, -0.25) is 14.5 Å². The van der Waals surface area contributed by atoms with E-state index < -0.39 is 8.07 Å². The van der Waals surface area contributed by atoms with E-state index in [2.05, 4.69) is 46.8 Å². The average Bonchev–Trinajstić information content (AvgIpc) is 3.83. The Balaban J connectivity index is 1.38. The predicted molar refractivity (Wildman–Crippen MR) is 199 cm³/mol. The Bertz CT molecular complexity index is 1530. The minimum absolute atomic E-state index is 0.0504. The van der Waals surface area contributed by atoms with Crippen molar-refractivity contribution in [2.45, 2.75) is 143 Å². The number of aryl methyl sites for hydroxylation is 2. The molecule has 2 amide bonds. The lowest BCUT2D eigenvalue weighted by atomic mass is 10.00. The summed E-state index contributed by atoms with van der Waals surface area (Å²) in [4.78, 5) is 37.0. The zero-order valence-electron chi connectivity index (χ0n) is 28.3. The van der Waals surface area contributed by atoms with Crippen LogP contribution in [0.5, 0.6) is 0 Å². The maximum absolute atomic E-state index is 13.9. The van der Waals surface area contributed by atoms with Crippen LogP contribution in [0, 0.1) is 19.8 Å². The van der Waals surface area contributed by atoms with Crippen molar-refractivity contribution < 1.29 is 9.59 Å². The molecule has 0 spiro atoms. The zero-order valence-corrected chi connectivity index (χ0v) is 31.8. The number of nitrogens with zero attached hydrogens (tertiary/aromatic N) is 1. The molecule has 3 nitrogen and oxygen atoms in total. The van der Waals surface area contributed by atoms with E-state index in [1.807, 2.05) is 22.7 Å². The maximum Gasteiger partial charge on any atom is 0.263 e. The smallest absolute Gasteiger partial charge is 0.263 e. The minimum Gasteiger partial charge on any atom is -0.274 e. The van der Waals surface area contributed by atoms with Gasteiger partial charge in [-0.1, -0.05) is 111 Å². The number of rotatable bonds is 15. The number of carbonyl (C=O) groups excluding carboxylic acids is 2. The van der Waals surface area contributed by atoms with Gasteiger partial charge in [0.25, 0.3) is 11.8 Å². The van der Waals surface area contributed by atoms with Crippen molar-refractivity contribution in [3.05, 3.63) is 33.0 Å². The standard InChI is InChI=1S/C38H53NO2S3Si/c1-6-9-11-12-13-17-21-39-37(40)32-26(5)43-34(33(32)38(39)41)29-23-31-36(44-29)35-30(22-25(4)42-35)45(31,28-19-15-14-16-20-28)24-27(8-3)18-10-7-2/h22-23,27-28H,6-21,24H2,1-5H3. The molecule has 2 atom stereocenters. The van der Waals surface area contributed by atoms with Crippen LogP contribution in [0.2, 0.25) is 11.6 Å². The molecular weight excluding hydrogens is 627 g/mol. The molecule has 0 aromatic carbocycles. The van der Waals surface area contributed by atoms with Crippen molar-refractivity contribution >= 4 is 64.3 Å². The second kappa shape index (κ2) is 14.3. The van der Waals surface area contributed by atoms with Gasteiger partial charge in [0.1, 0.15) is 8.07 Å². The molecule has 6 rings (SSSR count). The fourth-order valence-corrected chi connectivity index (χ4v) is 20.6. The Hall–Kier alpha value is -1.54. The van der Waals surface area contributed by atoms with Gasteiger partial charge in [0.15, 0.2) is 0 Å². The zero-order chi connectivity index (χ0) is 31.7. The van der Waals surface area contributed by atoms with Gasteiger partial charge in [0, 0.05) is 30.9 Å². The summed E-state index contributed by atoms with van der Waals surface area (Å²) in [5.74, 6) is 0.672. The molecule has 0 N–H and O–H groups in total. The molecule has 0 bridgehead atoms. The summed E-state index contributed by atoms with van der Waals surface area (Å²) in [5, 5.41) is 3.44. The number of carbonyl (C=O) groups is 2. The molecule has 3 aromatic heterocycles. The van der Waals surface area contributed by atoms with Crippen molar-refractivity contribution in [3.63, 3.8) is 0 Å². The number of thiophene rings is 3. The molecule has 5 heterocycles. The van der Waals surface area contributed by atoms with Crippen molar-refractivity contribution in [2.24, 2.45) is 5.92 Å². The number of fused-ring (bicyclic) bond motifs is 4. The second-order valence-electron chi connectivity index (χ2n) is 14.1. The van der Waals surface area contributed by atoms with Crippen LogP contribution in [-0.2, 0) is 0 Å². The summed E-state index contributed by atoms with van der Waals surface area (Å²) < 4.78 is 0. The van der Waals surface area contributed by atoms with E-state index in [4.69, 9.17) is 0 Å². The highest BCUT2D eigenvalue weighted by molar-refractivity contribution is 7.32. The SMILES string of the molecule is CCCCCCCCN1C(=O)c2c(C)sc(-c3cc4c(s3)-c3sc(C)cc3[Si]4(CC(CC)CCCC)C3CCCCC3)c2C1=O. The molecule has 1 saturated carbocycles. The van der Waals surface area contributed by atoms with Crippen LogP contribution in [0.4, 0.5) is 0 Å². The quantitative estimate of drug-likeness (QED) is 0.0911. The molecule has 0 radical (unpaired) electrons. The molecule has 0 saturated heterocycles. The minimum atomic E-state index is -2.03. The van der Waals surface area contributed by atoms with Gasteiger partial charge >= 0.3 is 0 Å². The number of imide groups is 1. The highest BCUT2D eigenvalue weighted by Crippen LogP contribution is 2.53.